The Bertz CT molecular complexity index is 285. The minimum Gasteiger partial charge on any atom is -0.353 e. The first-order chi connectivity index (χ1) is 9.83. The van der Waals surface area contributed by atoms with Crippen molar-refractivity contribution in [1.29, 1.82) is 0 Å². The molecule has 3 N–H and O–H groups in total. The minimum absolute atomic E-state index is 0. The Labute approximate surface area is 150 Å². The molecule has 0 aromatic heterocycles. The van der Waals surface area contributed by atoms with Crippen LogP contribution in [0.3, 0.4) is 0 Å². The summed E-state index contributed by atoms with van der Waals surface area (Å²) in [5.41, 5.74) is 0. The normalized spacial score (nSPS) is 13.5. The molecule has 0 radical (unpaired) electrons. The van der Waals surface area contributed by atoms with Crippen LogP contribution >= 0.6 is 27.0 Å². The van der Waals surface area contributed by atoms with E-state index in [4.69, 9.17) is 0 Å². The number of hydrogen-bond donors (Lipinski definition) is 3. The molecule has 1 aliphatic carbocycles. The first-order valence-corrected chi connectivity index (χ1v) is 8.18. The second-order valence-corrected chi connectivity index (χ2v) is 5.54. The molecule has 0 spiro atoms. The van der Waals surface area contributed by atoms with Crippen molar-refractivity contribution in [2.75, 3.05) is 32.7 Å². The van der Waals surface area contributed by atoms with E-state index >= 15 is 0 Å². The van der Waals surface area contributed by atoms with Crippen molar-refractivity contribution < 1.29 is 4.79 Å². The van der Waals surface area contributed by atoms with Crippen LogP contribution < -0.4 is 16.0 Å². The van der Waals surface area contributed by atoms with Crippen molar-refractivity contribution in [3.63, 3.8) is 0 Å². The number of unbranched alkanes of at least 4 members (excludes halogenated alkanes) is 2. The standard InChI is InChI=1S/C16H31N3O.2H2S/c1-2-17-11-5-3-4-8-16(20)19-13-7-6-12-18-14-15-9-10-15;;/h4,8,15,17-18H,2-3,5-7,9-14H2,1H3,(H,19,20);2*1H2/b8-4+;;. The van der Waals surface area contributed by atoms with E-state index in [2.05, 4.69) is 22.9 Å². The molecule has 0 saturated heterocycles. The van der Waals surface area contributed by atoms with E-state index in [1.165, 1.54) is 19.4 Å². The monoisotopic (exact) mass is 349 g/mol. The first-order valence-electron chi connectivity index (χ1n) is 8.18. The fourth-order valence-electron chi connectivity index (χ4n) is 1.99. The van der Waals surface area contributed by atoms with Crippen LogP contribution in [0, 0.1) is 5.92 Å². The van der Waals surface area contributed by atoms with Crippen molar-refractivity contribution >= 4 is 32.9 Å². The van der Waals surface area contributed by atoms with Crippen LogP contribution in [0.4, 0.5) is 0 Å². The van der Waals surface area contributed by atoms with Crippen LogP contribution in [-0.2, 0) is 4.79 Å². The highest BCUT2D eigenvalue weighted by Gasteiger charge is 2.19. The van der Waals surface area contributed by atoms with Gasteiger partial charge < -0.3 is 16.0 Å². The number of rotatable bonds is 13. The molecule has 0 atom stereocenters. The number of nitrogens with one attached hydrogen (secondary N) is 3. The van der Waals surface area contributed by atoms with Crippen molar-refractivity contribution in [2.24, 2.45) is 5.92 Å². The maximum absolute atomic E-state index is 11.5. The van der Waals surface area contributed by atoms with Gasteiger partial charge in [-0.2, -0.15) is 27.0 Å². The summed E-state index contributed by atoms with van der Waals surface area (Å²) < 4.78 is 0. The number of amides is 1. The van der Waals surface area contributed by atoms with Gasteiger partial charge in [0.25, 0.3) is 0 Å². The molecular formula is C16H35N3OS2. The Morgan fingerprint density at radius 1 is 1.05 bits per heavy atom. The largest absolute Gasteiger partial charge is 0.353 e. The van der Waals surface area contributed by atoms with Crippen molar-refractivity contribution in [3.05, 3.63) is 12.2 Å². The van der Waals surface area contributed by atoms with Gasteiger partial charge in [-0.05, 0) is 76.7 Å². The number of allylic oxidation sites excluding steroid dienone is 1. The Kier molecular flexibility index (Phi) is 18.8. The maximum Gasteiger partial charge on any atom is 0.243 e. The molecule has 6 heteroatoms. The number of carbonyl (C=O) groups excluding carboxylic acids is 1. The van der Waals surface area contributed by atoms with E-state index in [1.807, 2.05) is 6.08 Å². The maximum atomic E-state index is 11.5. The third kappa shape index (κ3) is 16.2. The molecule has 0 aliphatic heterocycles. The molecule has 4 nitrogen and oxygen atoms in total. The second kappa shape index (κ2) is 17.2. The SMILES string of the molecule is CCNCCC/C=C/C(=O)NCCCCNCC1CC1.S.S. The lowest BCUT2D eigenvalue weighted by molar-refractivity contribution is -0.116. The summed E-state index contributed by atoms with van der Waals surface area (Å²) in [6.07, 6.45) is 10.7. The Morgan fingerprint density at radius 3 is 2.41 bits per heavy atom. The predicted molar refractivity (Wildman–Crippen MR) is 106 cm³/mol. The van der Waals surface area contributed by atoms with Gasteiger partial charge in [-0.25, -0.2) is 0 Å². The summed E-state index contributed by atoms with van der Waals surface area (Å²) >= 11 is 0. The molecule has 1 amide bonds. The molecule has 0 heterocycles. The zero-order valence-electron chi connectivity index (χ0n) is 13.9. The third-order valence-electron chi connectivity index (χ3n) is 3.45. The van der Waals surface area contributed by atoms with E-state index < -0.39 is 0 Å². The van der Waals surface area contributed by atoms with Crippen molar-refractivity contribution in [3.8, 4) is 0 Å². The van der Waals surface area contributed by atoms with Gasteiger partial charge in [-0.15, -0.1) is 0 Å². The van der Waals surface area contributed by atoms with Gasteiger partial charge in [0.05, 0.1) is 0 Å². The molecule has 1 rings (SSSR count). The third-order valence-corrected chi connectivity index (χ3v) is 3.45. The topological polar surface area (TPSA) is 53.2 Å². The molecule has 0 unspecified atom stereocenters. The van der Waals surface area contributed by atoms with Crippen LogP contribution in [0.25, 0.3) is 0 Å². The average molecular weight is 350 g/mol. The van der Waals surface area contributed by atoms with Crippen LogP contribution in [-0.4, -0.2) is 38.6 Å². The highest BCUT2D eigenvalue weighted by Crippen LogP contribution is 2.27. The quantitative estimate of drug-likeness (QED) is 0.352. The van der Waals surface area contributed by atoms with E-state index in [9.17, 15) is 4.79 Å². The number of hydrogen-bond acceptors (Lipinski definition) is 3. The Balaban J connectivity index is 0. The summed E-state index contributed by atoms with van der Waals surface area (Å²) in [5.74, 6) is 0.992. The summed E-state index contributed by atoms with van der Waals surface area (Å²) in [5, 5.41) is 9.65. The lowest BCUT2D eigenvalue weighted by Gasteiger charge is -2.04. The molecule has 0 bridgehead atoms. The zero-order chi connectivity index (χ0) is 14.5. The van der Waals surface area contributed by atoms with E-state index in [-0.39, 0.29) is 32.9 Å². The zero-order valence-corrected chi connectivity index (χ0v) is 15.9. The van der Waals surface area contributed by atoms with Gasteiger partial charge in [-0.3, -0.25) is 4.79 Å². The van der Waals surface area contributed by atoms with Gasteiger partial charge in [0.1, 0.15) is 0 Å². The fourth-order valence-corrected chi connectivity index (χ4v) is 1.99. The van der Waals surface area contributed by atoms with E-state index in [1.54, 1.807) is 6.08 Å². The second-order valence-electron chi connectivity index (χ2n) is 5.54. The molecule has 0 aromatic rings. The molecule has 132 valence electrons. The first kappa shape index (κ1) is 24.1. The van der Waals surface area contributed by atoms with Crippen molar-refractivity contribution in [1.82, 2.24) is 16.0 Å². The van der Waals surface area contributed by atoms with Crippen LogP contribution in [0.5, 0.6) is 0 Å². The molecular weight excluding hydrogens is 314 g/mol. The van der Waals surface area contributed by atoms with Crippen LogP contribution in [0.2, 0.25) is 0 Å². The Morgan fingerprint density at radius 2 is 1.73 bits per heavy atom. The van der Waals surface area contributed by atoms with Crippen LogP contribution in [0.1, 0.15) is 45.4 Å². The van der Waals surface area contributed by atoms with E-state index in [0.717, 1.165) is 57.8 Å². The summed E-state index contributed by atoms with van der Waals surface area (Å²) in [7, 11) is 0. The highest BCUT2D eigenvalue weighted by molar-refractivity contribution is 7.59. The summed E-state index contributed by atoms with van der Waals surface area (Å²) in [6.45, 7) is 7.18. The molecule has 1 saturated carbocycles. The lowest BCUT2D eigenvalue weighted by atomic mass is 10.2. The lowest BCUT2D eigenvalue weighted by Crippen LogP contribution is -2.24. The Hall–Kier alpha value is -0.170. The molecule has 1 aliphatic rings. The molecule has 1 fully saturated rings. The van der Waals surface area contributed by atoms with Gasteiger partial charge in [-0.1, -0.05) is 13.0 Å². The smallest absolute Gasteiger partial charge is 0.243 e. The van der Waals surface area contributed by atoms with Gasteiger partial charge in [0.15, 0.2) is 0 Å². The van der Waals surface area contributed by atoms with Gasteiger partial charge >= 0.3 is 0 Å². The molecule has 22 heavy (non-hydrogen) atoms. The summed E-state index contributed by atoms with van der Waals surface area (Å²) in [6, 6.07) is 0. The fraction of sp³-hybridized carbons (Fsp3) is 0.812. The van der Waals surface area contributed by atoms with Crippen LogP contribution in [0.15, 0.2) is 12.2 Å². The summed E-state index contributed by atoms with van der Waals surface area (Å²) in [4.78, 5) is 11.5. The highest BCUT2D eigenvalue weighted by atomic mass is 32.1. The minimum atomic E-state index is 0. The molecule has 0 aromatic carbocycles. The van der Waals surface area contributed by atoms with Gasteiger partial charge in [0.2, 0.25) is 5.91 Å². The van der Waals surface area contributed by atoms with Crippen molar-refractivity contribution in [2.45, 2.75) is 45.4 Å². The predicted octanol–water partition coefficient (Wildman–Crippen LogP) is 2.05. The van der Waals surface area contributed by atoms with Gasteiger partial charge in [0, 0.05) is 6.54 Å². The number of carbonyl (C=O) groups is 1. The average Bonchev–Trinajstić information content (AvgIpc) is 3.26. The van der Waals surface area contributed by atoms with E-state index in [0.29, 0.717) is 0 Å².